The molecule has 21 heavy (non-hydrogen) atoms. The van der Waals surface area contributed by atoms with Gasteiger partial charge in [0.05, 0.1) is 29.7 Å². The summed E-state index contributed by atoms with van der Waals surface area (Å²) < 4.78 is 5.77. The molecule has 6 nitrogen and oxygen atoms in total. The van der Waals surface area contributed by atoms with Gasteiger partial charge in [-0.05, 0) is 45.3 Å². The van der Waals surface area contributed by atoms with Crippen molar-refractivity contribution >= 4 is 5.91 Å². The lowest BCUT2D eigenvalue weighted by molar-refractivity contribution is 0.0343. The molecule has 0 radical (unpaired) electrons. The molecule has 0 aromatic carbocycles. The fourth-order valence-electron chi connectivity index (χ4n) is 2.42. The smallest absolute Gasteiger partial charge is 0.253 e. The van der Waals surface area contributed by atoms with Gasteiger partial charge in [0.15, 0.2) is 0 Å². The zero-order chi connectivity index (χ0) is 15.1. The van der Waals surface area contributed by atoms with Gasteiger partial charge in [-0.25, -0.2) is 0 Å². The van der Waals surface area contributed by atoms with E-state index in [0.29, 0.717) is 31.2 Å². The summed E-state index contributed by atoms with van der Waals surface area (Å²) in [6.07, 6.45) is 3.10. The molecule has 0 atom stereocenters. The quantitative estimate of drug-likeness (QED) is 0.760. The number of carbonyl (C=O) groups excluding carboxylic acids is 1. The zero-order valence-electron chi connectivity index (χ0n) is 12.8. The van der Waals surface area contributed by atoms with Gasteiger partial charge in [0.1, 0.15) is 0 Å². The number of amides is 1. The van der Waals surface area contributed by atoms with E-state index in [9.17, 15) is 4.79 Å². The predicted octanol–water partition coefficient (Wildman–Crippen LogP) is 0.846. The molecule has 1 aliphatic heterocycles. The average molecular weight is 292 g/mol. The molecule has 0 saturated carbocycles. The fourth-order valence-corrected chi connectivity index (χ4v) is 2.42. The number of hydrogen-bond donors (Lipinski definition) is 2. The standard InChI is InChI=1S/C15H24N4O2/c1-3-14-13(10-11(2)18-19-14)15(20)17-8-9-21-12-4-6-16-7-5-12/h10,12,16H,3-9H2,1-2H3,(H,17,20). The van der Waals surface area contributed by atoms with Crippen LogP contribution in [0.3, 0.4) is 0 Å². The van der Waals surface area contributed by atoms with E-state index in [2.05, 4.69) is 20.8 Å². The number of piperidine rings is 1. The van der Waals surface area contributed by atoms with Crippen LogP contribution in [0.4, 0.5) is 0 Å². The maximum Gasteiger partial charge on any atom is 0.253 e. The molecule has 6 heteroatoms. The third-order valence-electron chi connectivity index (χ3n) is 3.60. The van der Waals surface area contributed by atoms with Gasteiger partial charge in [-0.3, -0.25) is 4.79 Å². The highest BCUT2D eigenvalue weighted by atomic mass is 16.5. The van der Waals surface area contributed by atoms with Crippen molar-refractivity contribution in [2.45, 2.75) is 39.2 Å². The summed E-state index contributed by atoms with van der Waals surface area (Å²) in [5.41, 5.74) is 2.10. The SMILES string of the molecule is CCc1nnc(C)cc1C(=O)NCCOC1CCNCC1. The van der Waals surface area contributed by atoms with Crippen molar-refractivity contribution < 1.29 is 9.53 Å². The number of ether oxygens (including phenoxy) is 1. The third kappa shape index (κ3) is 4.75. The summed E-state index contributed by atoms with van der Waals surface area (Å²) in [4.78, 5) is 12.2. The molecule has 2 heterocycles. The van der Waals surface area contributed by atoms with Crippen LogP contribution in [-0.2, 0) is 11.2 Å². The predicted molar refractivity (Wildman–Crippen MR) is 80.3 cm³/mol. The third-order valence-corrected chi connectivity index (χ3v) is 3.60. The van der Waals surface area contributed by atoms with Crippen molar-refractivity contribution in [2.24, 2.45) is 0 Å². The van der Waals surface area contributed by atoms with E-state index in [4.69, 9.17) is 4.74 Å². The second kappa shape index (κ2) is 8.05. The monoisotopic (exact) mass is 292 g/mol. The Hall–Kier alpha value is -1.53. The molecule has 2 N–H and O–H groups in total. The molecular formula is C15H24N4O2. The molecule has 1 aromatic heterocycles. The molecular weight excluding hydrogens is 268 g/mol. The van der Waals surface area contributed by atoms with Crippen LogP contribution in [0.5, 0.6) is 0 Å². The van der Waals surface area contributed by atoms with E-state index in [0.717, 1.165) is 37.3 Å². The van der Waals surface area contributed by atoms with Gasteiger partial charge in [0.25, 0.3) is 5.91 Å². The number of aryl methyl sites for hydroxylation is 2. The van der Waals surface area contributed by atoms with Crippen LogP contribution in [0.15, 0.2) is 6.07 Å². The van der Waals surface area contributed by atoms with E-state index in [1.54, 1.807) is 6.07 Å². The van der Waals surface area contributed by atoms with Gasteiger partial charge in [-0.15, -0.1) is 0 Å². The second-order valence-corrected chi connectivity index (χ2v) is 5.28. The van der Waals surface area contributed by atoms with Gasteiger partial charge >= 0.3 is 0 Å². The Balaban J connectivity index is 1.77. The van der Waals surface area contributed by atoms with Crippen molar-refractivity contribution in [1.82, 2.24) is 20.8 Å². The minimum atomic E-state index is -0.0984. The van der Waals surface area contributed by atoms with E-state index >= 15 is 0 Å². The molecule has 2 rings (SSSR count). The topological polar surface area (TPSA) is 76.1 Å². The van der Waals surface area contributed by atoms with Gasteiger partial charge < -0.3 is 15.4 Å². The van der Waals surface area contributed by atoms with Crippen LogP contribution in [0.25, 0.3) is 0 Å². The van der Waals surface area contributed by atoms with Crippen LogP contribution in [-0.4, -0.2) is 48.4 Å². The summed E-state index contributed by atoms with van der Waals surface area (Å²) >= 11 is 0. The van der Waals surface area contributed by atoms with Crippen molar-refractivity contribution in [2.75, 3.05) is 26.2 Å². The number of rotatable bonds is 6. The Morgan fingerprint density at radius 2 is 2.19 bits per heavy atom. The minimum absolute atomic E-state index is 0.0984. The largest absolute Gasteiger partial charge is 0.376 e. The molecule has 0 unspecified atom stereocenters. The first-order chi connectivity index (χ1) is 10.2. The average Bonchev–Trinajstić information content (AvgIpc) is 2.52. The summed E-state index contributed by atoms with van der Waals surface area (Å²) in [5.74, 6) is -0.0984. The molecule has 0 spiro atoms. The van der Waals surface area contributed by atoms with E-state index in [1.165, 1.54) is 0 Å². The summed E-state index contributed by atoms with van der Waals surface area (Å²) in [5, 5.41) is 14.3. The highest BCUT2D eigenvalue weighted by molar-refractivity contribution is 5.95. The first-order valence-electron chi connectivity index (χ1n) is 7.64. The molecule has 116 valence electrons. The van der Waals surface area contributed by atoms with Gasteiger partial charge in [-0.1, -0.05) is 6.92 Å². The number of hydrogen-bond acceptors (Lipinski definition) is 5. The molecule has 0 bridgehead atoms. The number of nitrogens with one attached hydrogen (secondary N) is 2. The summed E-state index contributed by atoms with van der Waals surface area (Å²) in [6.45, 7) is 6.90. The lowest BCUT2D eigenvalue weighted by Crippen LogP contribution is -2.35. The highest BCUT2D eigenvalue weighted by Crippen LogP contribution is 2.08. The first kappa shape index (κ1) is 15.9. The van der Waals surface area contributed by atoms with Gasteiger partial charge in [0.2, 0.25) is 0 Å². The van der Waals surface area contributed by atoms with Crippen molar-refractivity contribution in [3.8, 4) is 0 Å². The maximum atomic E-state index is 12.2. The van der Waals surface area contributed by atoms with Crippen molar-refractivity contribution in [1.29, 1.82) is 0 Å². The van der Waals surface area contributed by atoms with Crippen molar-refractivity contribution in [3.63, 3.8) is 0 Å². The molecule has 1 aliphatic rings. The number of nitrogens with zero attached hydrogens (tertiary/aromatic N) is 2. The summed E-state index contributed by atoms with van der Waals surface area (Å²) in [6, 6.07) is 1.79. The lowest BCUT2D eigenvalue weighted by Gasteiger charge is -2.23. The fraction of sp³-hybridized carbons (Fsp3) is 0.667. The second-order valence-electron chi connectivity index (χ2n) is 5.28. The molecule has 1 aromatic rings. The Morgan fingerprint density at radius 1 is 1.43 bits per heavy atom. The Labute approximate surface area is 125 Å². The van der Waals surface area contributed by atoms with Crippen LogP contribution in [0, 0.1) is 6.92 Å². The van der Waals surface area contributed by atoms with E-state index < -0.39 is 0 Å². The Bertz CT molecular complexity index is 473. The number of carbonyl (C=O) groups is 1. The van der Waals surface area contributed by atoms with E-state index in [-0.39, 0.29) is 5.91 Å². The van der Waals surface area contributed by atoms with E-state index in [1.807, 2.05) is 13.8 Å². The van der Waals surface area contributed by atoms with Gasteiger partial charge in [0, 0.05) is 6.54 Å². The Kier molecular flexibility index (Phi) is 6.07. The van der Waals surface area contributed by atoms with Crippen LogP contribution < -0.4 is 10.6 Å². The molecule has 1 amide bonds. The van der Waals surface area contributed by atoms with Crippen molar-refractivity contribution in [3.05, 3.63) is 23.0 Å². The maximum absolute atomic E-state index is 12.2. The lowest BCUT2D eigenvalue weighted by atomic mass is 10.1. The minimum Gasteiger partial charge on any atom is -0.376 e. The first-order valence-corrected chi connectivity index (χ1v) is 7.64. The normalized spacial score (nSPS) is 15.9. The molecule has 1 saturated heterocycles. The van der Waals surface area contributed by atoms with Crippen LogP contribution in [0.1, 0.15) is 41.5 Å². The van der Waals surface area contributed by atoms with Crippen LogP contribution in [0.2, 0.25) is 0 Å². The molecule has 1 fully saturated rings. The van der Waals surface area contributed by atoms with Crippen LogP contribution >= 0.6 is 0 Å². The highest BCUT2D eigenvalue weighted by Gasteiger charge is 2.14. The zero-order valence-corrected chi connectivity index (χ0v) is 12.8. The summed E-state index contributed by atoms with van der Waals surface area (Å²) in [7, 11) is 0. The Morgan fingerprint density at radius 3 is 2.90 bits per heavy atom. The molecule has 0 aliphatic carbocycles. The van der Waals surface area contributed by atoms with Gasteiger partial charge in [-0.2, -0.15) is 10.2 Å². The number of aromatic nitrogens is 2.